The second-order valence-corrected chi connectivity index (χ2v) is 6.58. The van der Waals surface area contributed by atoms with Crippen LogP contribution < -0.4 is 9.46 Å². The van der Waals surface area contributed by atoms with Crippen LogP contribution in [0.1, 0.15) is 5.56 Å². The highest BCUT2D eigenvalue weighted by molar-refractivity contribution is 7.89. The summed E-state index contributed by atoms with van der Waals surface area (Å²) in [6.45, 7) is -0.683. The Bertz CT molecular complexity index is 833. The summed E-state index contributed by atoms with van der Waals surface area (Å²) < 4.78 is 35.4. The van der Waals surface area contributed by atoms with Crippen molar-refractivity contribution in [2.75, 3.05) is 6.54 Å². The second-order valence-electron chi connectivity index (χ2n) is 4.82. The lowest BCUT2D eigenvalue weighted by molar-refractivity contribution is -0.135. The van der Waals surface area contributed by atoms with Gasteiger partial charge in [0.1, 0.15) is 18.9 Å². The third-order valence-electron chi connectivity index (χ3n) is 2.95. The van der Waals surface area contributed by atoms with E-state index in [1.54, 1.807) is 12.1 Å². The van der Waals surface area contributed by atoms with E-state index in [0.29, 0.717) is 0 Å². The van der Waals surface area contributed by atoms with Crippen molar-refractivity contribution in [3.63, 3.8) is 0 Å². The van der Waals surface area contributed by atoms with Crippen molar-refractivity contribution in [1.29, 1.82) is 0 Å². The second kappa shape index (κ2) is 8.27. The number of aliphatic carboxylic acids is 1. The maximum Gasteiger partial charge on any atom is 0.514 e. The smallest absolute Gasteiger partial charge is 0.480 e. The van der Waals surface area contributed by atoms with Crippen LogP contribution in [-0.2, 0) is 26.2 Å². The maximum absolute atomic E-state index is 11.8. The maximum atomic E-state index is 11.8. The van der Waals surface area contributed by atoms with Gasteiger partial charge in [0.15, 0.2) is 0 Å². The Morgan fingerprint density at radius 2 is 1.64 bits per heavy atom. The monoisotopic (exact) mass is 365 g/mol. The molecule has 2 N–H and O–H groups in total. The average molecular weight is 365 g/mol. The van der Waals surface area contributed by atoms with Gasteiger partial charge >= 0.3 is 12.1 Å². The van der Waals surface area contributed by atoms with Crippen LogP contribution in [0.2, 0.25) is 0 Å². The summed E-state index contributed by atoms with van der Waals surface area (Å²) in [5, 5.41) is 8.50. The lowest BCUT2D eigenvalue weighted by atomic mass is 10.2. The van der Waals surface area contributed by atoms with Crippen molar-refractivity contribution in [3.8, 4) is 5.75 Å². The van der Waals surface area contributed by atoms with Crippen LogP contribution in [0.5, 0.6) is 5.75 Å². The molecule has 0 aliphatic carbocycles. The highest BCUT2D eigenvalue weighted by Gasteiger charge is 2.15. The molecule has 0 spiro atoms. The van der Waals surface area contributed by atoms with Gasteiger partial charge in [-0.25, -0.2) is 13.2 Å². The van der Waals surface area contributed by atoms with E-state index in [2.05, 4.69) is 0 Å². The molecule has 2 rings (SSSR count). The predicted octanol–water partition coefficient (Wildman–Crippen LogP) is 1.77. The van der Waals surface area contributed by atoms with Crippen molar-refractivity contribution in [3.05, 3.63) is 60.2 Å². The minimum atomic E-state index is -3.95. The molecule has 0 fully saturated rings. The molecule has 2 aromatic rings. The van der Waals surface area contributed by atoms with Gasteiger partial charge < -0.3 is 14.6 Å². The summed E-state index contributed by atoms with van der Waals surface area (Å²) in [5.41, 5.74) is 0.797. The Balaban J connectivity index is 1.91. The average Bonchev–Trinajstić information content (AvgIpc) is 2.60. The van der Waals surface area contributed by atoms with Crippen LogP contribution in [0.3, 0.4) is 0 Å². The van der Waals surface area contributed by atoms with Gasteiger partial charge in [0, 0.05) is 0 Å². The minimum Gasteiger partial charge on any atom is -0.480 e. The molecule has 132 valence electrons. The molecule has 0 atom stereocenters. The van der Waals surface area contributed by atoms with E-state index in [4.69, 9.17) is 14.6 Å². The first kappa shape index (κ1) is 18.4. The Morgan fingerprint density at radius 1 is 1.00 bits per heavy atom. The summed E-state index contributed by atoms with van der Waals surface area (Å²) in [5.74, 6) is -1.21. The van der Waals surface area contributed by atoms with Gasteiger partial charge in [-0.15, -0.1) is 0 Å². The Labute approximate surface area is 144 Å². The fourth-order valence-electron chi connectivity index (χ4n) is 1.77. The molecular weight excluding hydrogens is 350 g/mol. The van der Waals surface area contributed by atoms with Crippen molar-refractivity contribution in [2.45, 2.75) is 11.5 Å². The van der Waals surface area contributed by atoms with E-state index in [0.717, 1.165) is 5.56 Å². The highest BCUT2D eigenvalue weighted by atomic mass is 32.2. The molecule has 0 radical (unpaired) electrons. The molecule has 0 heterocycles. The van der Waals surface area contributed by atoms with Crippen LogP contribution in [0, 0.1) is 0 Å². The van der Waals surface area contributed by atoms with Gasteiger partial charge in [0.25, 0.3) is 0 Å². The molecular formula is C16H15NO7S. The number of benzene rings is 2. The van der Waals surface area contributed by atoms with E-state index >= 15 is 0 Å². The van der Waals surface area contributed by atoms with Crippen LogP contribution in [0.25, 0.3) is 0 Å². The topological polar surface area (TPSA) is 119 Å². The first-order valence-electron chi connectivity index (χ1n) is 7.07. The lowest BCUT2D eigenvalue weighted by Crippen LogP contribution is -2.29. The number of hydrogen-bond acceptors (Lipinski definition) is 6. The van der Waals surface area contributed by atoms with Crippen LogP contribution >= 0.6 is 0 Å². The number of nitrogens with one attached hydrogen (secondary N) is 1. The third-order valence-corrected chi connectivity index (χ3v) is 4.37. The highest BCUT2D eigenvalue weighted by Crippen LogP contribution is 2.16. The van der Waals surface area contributed by atoms with Crippen LogP contribution in [0.4, 0.5) is 4.79 Å². The molecule has 0 amide bonds. The quantitative estimate of drug-likeness (QED) is 0.567. The molecule has 0 aliphatic heterocycles. The van der Waals surface area contributed by atoms with Gasteiger partial charge in [0.05, 0.1) is 4.90 Å². The van der Waals surface area contributed by atoms with Crippen molar-refractivity contribution in [1.82, 2.24) is 4.72 Å². The summed E-state index contributed by atoms with van der Waals surface area (Å²) >= 11 is 0. The first-order valence-corrected chi connectivity index (χ1v) is 8.55. The molecule has 0 unspecified atom stereocenters. The van der Waals surface area contributed by atoms with Gasteiger partial charge in [-0.05, 0) is 29.8 Å². The van der Waals surface area contributed by atoms with Crippen LogP contribution in [-0.4, -0.2) is 32.2 Å². The Hall–Kier alpha value is -2.91. The van der Waals surface area contributed by atoms with Crippen molar-refractivity contribution in [2.24, 2.45) is 0 Å². The summed E-state index contributed by atoms with van der Waals surface area (Å²) in [4.78, 5) is 21.9. The molecule has 0 aromatic heterocycles. The number of ether oxygens (including phenoxy) is 2. The van der Waals surface area contributed by atoms with Gasteiger partial charge in [0.2, 0.25) is 10.0 Å². The molecule has 0 aliphatic rings. The van der Waals surface area contributed by atoms with Crippen molar-refractivity contribution < 1.29 is 32.6 Å². The number of hydrogen-bond donors (Lipinski definition) is 2. The Kier molecular flexibility index (Phi) is 6.09. The van der Waals surface area contributed by atoms with Crippen LogP contribution in [0.15, 0.2) is 59.5 Å². The van der Waals surface area contributed by atoms with Gasteiger partial charge in [-0.3, -0.25) is 4.79 Å². The van der Waals surface area contributed by atoms with E-state index in [1.807, 2.05) is 22.9 Å². The molecule has 25 heavy (non-hydrogen) atoms. The fourth-order valence-corrected chi connectivity index (χ4v) is 2.74. The fraction of sp³-hybridized carbons (Fsp3) is 0.125. The molecule has 8 nitrogen and oxygen atoms in total. The Morgan fingerprint density at radius 3 is 2.24 bits per heavy atom. The molecule has 9 heteroatoms. The van der Waals surface area contributed by atoms with E-state index < -0.39 is 28.7 Å². The zero-order chi connectivity index (χ0) is 18.3. The molecule has 0 saturated heterocycles. The summed E-state index contributed by atoms with van der Waals surface area (Å²) in [7, 11) is -3.95. The number of carbonyl (C=O) groups excluding carboxylic acids is 1. The number of carbonyl (C=O) groups is 2. The largest absolute Gasteiger partial charge is 0.514 e. The zero-order valence-electron chi connectivity index (χ0n) is 12.9. The van der Waals surface area contributed by atoms with Gasteiger partial charge in [-0.2, -0.15) is 4.72 Å². The number of carboxylic acid groups (broad SMARTS) is 1. The number of sulfonamides is 1. The summed E-state index contributed by atoms with van der Waals surface area (Å²) in [6.07, 6.45) is -0.927. The first-order chi connectivity index (χ1) is 11.9. The number of rotatable bonds is 7. The van der Waals surface area contributed by atoms with Gasteiger partial charge in [-0.1, -0.05) is 30.3 Å². The summed E-state index contributed by atoms with van der Waals surface area (Å²) in [6, 6.07) is 13.9. The van der Waals surface area contributed by atoms with E-state index in [-0.39, 0.29) is 17.3 Å². The van der Waals surface area contributed by atoms with E-state index in [9.17, 15) is 18.0 Å². The zero-order valence-corrected chi connectivity index (χ0v) is 13.7. The molecule has 2 aromatic carbocycles. The minimum absolute atomic E-state index is 0.0469. The standard InChI is InChI=1S/C16H15NO7S/c18-15(19)10-17-25(21,22)14-8-6-13(7-9-14)24-16(20)23-11-12-4-2-1-3-5-12/h1-9,17H,10-11H2,(H,18,19). The predicted molar refractivity (Wildman–Crippen MR) is 86.5 cm³/mol. The molecule has 0 bridgehead atoms. The van der Waals surface area contributed by atoms with E-state index in [1.165, 1.54) is 24.3 Å². The third kappa shape index (κ3) is 5.90. The normalized spacial score (nSPS) is 10.9. The molecule has 0 saturated carbocycles. The van der Waals surface area contributed by atoms with Crippen molar-refractivity contribution >= 4 is 22.1 Å². The lowest BCUT2D eigenvalue weighted by Gasteiger charge is -2.07. The SMILES string of the molecule is O=C(O)CNS(=O)(=O)c1ccc(OC(=O)OCc2ccccc2)cc1. The number of carboxylic acids is 1.